The number of allylic oxidation sites excluding steroid dienone is 5. The first-order valence-corrected chi connectivity index (χ1v) is 11.4. The van der Waals surface area contributed by atoms with Gasteiger partial charge in [-0.05, 0) is 38.5 Å². The number of rotatable bonds is 1. The van der Waals surface area contributed by atoms with Crippen LogP contribution in [-0.2, 0) is 14.3 Å². The largest absolute Gasteiger partial charge is 0.459 e. The van der Waals surface area contributed by atoms with Crippen LogP contribution in [-0.4, -0.2) is 46.1 Å². The van der Waals surface area contributed by atoms with Crippen molar-refractivity contribution in [1.82, 2.24) is 5.32 Å². The monoisotopic (exact) mass is 421 g/mol. The molecule has 2 saturated heterocycles. The quantitative estimate of drug-likeness (QED) is 0.626. The van der Waals surface area contributed by atoms with E-state index in [4.69, 9.17) is 9.47 Å². The van der Waals surface area contributed by atoms with Gasteiger partial charge in [0.15, 0.2) is 5.79 Å². The molecule has 0 unspecified atom stereocenters. The first-order chi connectivity index (χ1) is 13.8. The van der Waals surface area contributed by atoms with E-state index in [2.05, 4.69) is 30.5 Å². The molecule has 5 atom stereocenters. The van der Waals surface area contributed by atoms with Gasteiger partial charge < -0.3 is 19.9 Å². The molecule has 3 aliphatic heterocycles. The molecule has 29 heavy (non-hydrogen) atoms. The lowest BCUT2D eigenvalue weighted by Gasteiger charge is -2.43. The highest BCUT2D eigenvalue weighted by atomic mass is 32.2. The number of fused-ring (bicyclic) bond motifs is 2. The molecule has 0 aromatic rings. The summed E-state index contributed by atoms with van der Waals surface area (Å²) in [6.07, 6.45) is 13.2. The lowest BCUT2D eigenvalue weighted by molar-refractivity contribution is -0.283. The summed E-state index contributed by atoms with van der Waals surface area (Å²) >= 11 is 1.14. The van der Waals surface area contributed by atoms with Crippen molar-refractivity contribution >= 4 is 23.0 Å². The first kappa shape index (κ1) is 22.1. The van der Waals surface area contributed by atoms with E-state index in [1.807, 2.05) is 13.0 Å². The molecule has 2 bridgehead atoms. The highest BCUT2D eigenvalue weighted by molar-refractivity contribution is 8.14. The number of amides is 1. The summed E-state index contributed by atoms with van der Waals surface area (Å²) in [6.45, 7) is 4.07. The Bertz CT molecular complexity index is 703. The summed E-state index contributed by atoms with van der Waals surface area (Å²) in [5.41, 5.74) is 0.961. The Morgan fingerprint density at radius 3 is 2.83 bits per heavy atom. The van der Waals surface area contributed by atoms with Gasteiger partial charge in [-0.25, -0.2) is 4.79 Å². The number of thioether (sulfide) groups is 1. The van der Waals surface area contributed by atoms with Gasteiger partial charge in [0, 0.05) is 24.7 Å². The van der Waals surface area contributed by atoms with Crippen LogP contribution in [0.5, 0.6) is 0 Å². The van der Waals surface area contributed by atoms with E-state index in [0.29, 0.717) is 18.1 Å². The van der Waals surface area contributed by atoms with Crippen LogP contribution >= 0.6 is 11.8 Å². The van der Waals surface area contributed by atoms with Crippen molar-refractivity contribution in [2.24, 2.45) is 5.92 Å². The standard InChI is InChI=1S/C22H31NO5S/c1-15-7-5-3-4-6-8-16(2)11-20(24)27-18-12-17(10-9-15)28-22(26,13-18)19-14-29-21(25)23-19/h3-5,7,11,15,17-19,26H,6,8-10,12-14H2,1-2H3,(H,23,25)/b4-3-,7-5+,16-11-/t15-,17-,18-,19+,22-/m1/s1. The molecule has 2 N–H and O–H groups in total. The molecule has 0 radical (unpaired) electrons. The highest BCUT2D eigenvalue weighted by Crippen LogP contribution is 2.36. The van der Waals surface area contributed by atoms with Gasteiger partial charge in [-0.1, -0.05) is 48.6 Å². The second kappa shape index (κ2) is 9.96. The summed E-state index contributed by atoms with van der Waals surface area (Å²) < 4.78 is 11.8. The zero-order valence-corrected chi connectivity index (χ0v) is 18.0. The minimum absolute atomic E-state index is 0.159. The molecule has 3 heterocycles. The van der Waals surface area contributed by atoms with Crippen LogP contribution in [0.3, 0.4) is 0 Å². The van der Waals surface area contributed by atoms with Gasteiger partial charge in [0.05, 0.1) is 12.1 Å². The second-order valence-electron chi connectivity index (χ2n) is 8.28. The predicted octanol–water partition coefficient (Wildman–Crippen LogP) is 3.86. The lowest BCUT2D eigenvalue weighted by atomic mass is 9.90. The maximum atomic E-state index is 12.4. The van der Waals surface area contributed by atoms with Crippen LogP contribution in [0.4, 0.5) is 4.79 Å². The number of hydrogen-bond acceptors (Lipinski definition) is 6. The van der Waals surface area contributed by atoms with Gasteiger partial charge in [0.1, 0.15) is 6.10 Å². The second-order valence-corrected chi connectivity index (χ2v) is 9.27. The van der Waals surface area contributed by atoms with Crippen molar-refractivity contribution in [3.63, 3.8) is 0 Å². The highest BCUT2D eigenvalue weighted by Gasteiger charge is 2.49. The third kappa shape index (κ3) is 6.46. The van der Waals surface area contributed by atoms with Crippen molar-refractivity contribution in [3.05, 3.63) is 36.0 Å². The lowest BCUT2D eigenvalue weighted by Crippen LogP contribution is -2.58. The fourth-order valence-electron chi connectivity index (χ4n) is 3.96. The summed E-state index contributed by atoms with van der Waals surface area (Å²) in [6, 6.07) is -0.505. The van der Waals surface area contributed by atoms with Crippen LogP contribution < -0.4 is 5.32 Å². The minimum Gasteiger partial charge on any atom is -0.459 e. The van der Waals surface area contributed by atoms with E-state index in [1.165, 1.54) is 6.08 Å². The number of hydrogen-bond donors (Lipinski definition) is 2. The summed E-state index contributed by atoms with van der Waals surface area (Å²) in [5.74, 6) is -1.10. The van der Waals surface area contributed by atoms with E-state index in [9.17, 15) is 14.7 Å². The SMILES string of the molecule is C/C1=C/C(=O)O[C@@H]2C[C@@H](CC[C@H](C)/C=C/C=C\CC1)O[C@@](O)([C@@H]1CSC(=O)N1)C2. The Morgan fingerprint density at radius 1 is 1.24 bits per heavy atom. The molecule has 160 valence electrons. The third-order valence-corrected chi connectivity index (χ3v) is 6.50. The average molecular weight is 422 g/mol. The van der Waals surface area contributed by atoms with Gasteiger partial charge in [0.25, 0.3) is 5.24 Å². The van der Waals surface area contributed by atoms with Gasteiger partial charge in [-0.3, -0.25) is 4.79 Å². The Hall–Kier alpha value is -1.57. The Balaban J connectivity index is 1.78. The average Bonchev–Trinajstić information content (AvgIpc) is 3.09. The van der Waals surface area contributed by atoms with Crippen molar-refractivity contribution in [3.8, 4) is 0 Å². The van der Waals surface area contributed by atoms with E-state index < -0.39 is 17.9 Å². The first-order valence-electron chi connectivity index (χ1n) is 10.4. The summed E-state index contributed by atoms with van der Waals surface area (Å²) in [5, 5.41) is 13.8. The molecular formula is C22H31NO5S. The number of aliphatic hydroxyl groups is 1. The molecule has 0 aromatic carbocycles. The molecule has 2 fully saturated rings. The third-order valence-electron chi connectivity index (χ3n) is 5.62. The number of nitrogens with one attached hydrogen (secondary N) is 1. The van der Waals surface area contributed by atoms with Gasteiger partial charge in [0.2, 0.25) is 0 Å². The van der Waals surface area contributed by atoms with Crippen molar-refractivity contribution in [2.45, 2.75) is 76.4 Å². The van der Waals surface area contributed by atoms with E-state index in [1.54, 1.807) is 0 Å². The molecule has 0 aromatic heterocycles. The van der Waals surface area contributed by atoms with Crippen molar-refractivity contribution < 1.29 is 24.2 Å². The molecule has 0 aliphatic carbocycles. The van der Waals surface area contributed by atoms with Crippen LogP contribution in [0.2, 0.25) is 0 Å². The maximum Gasteiger partial charge on any atom is 0.330 e. The number of ether oxygens (including phenoxy) is 2. The van der Waals surface area contributed by atoms with Gasteiger partial charge in [-0.15, -0.1) is 0 Å². The topological polar surface area (TPSA) is 84.9 Å². The van der Waals surface area contributed by atoms with E-state index >= 15 is 0 Å². The Kier molecular flexibility index (Phi) is 7.60. The number of esters is 1. The molecule has 6 nitrogen and oxygen atoms in total. The molecule has 3 rings (SSSR count). The summed E-state index contributed by atoms with van der Waals surface area (Å²) in [4.78, 5) is 24.0. The van der Waals surface area contributed by atoms with Crippen LogP contribution in [0, 0.1) is 5.92 Å². The molecule has 1 amide bonds. The van der Waals surface area contributed by atoms with Crippen LogP contribution in [0.15, 0.2) is 36.0 Å². The zero-order chi connectivity index (χ0) is 20.9. The van der Waals surface area contributed by atoms with Crippen molar-refractivity contribution in [1.29, 1.82) is 0 Å². The fraction of sp³-hybridized carbons (Fsp3) is 0.636. The van der Waals surface area contributed by atoms with E-state index in [-0.39, 0.29) is 23.7 Å². The van der Waals surface area contributed by atoms with Crippen molar-refractivity contribution in [2.75, 3.05) is 5.75 Å². The molecule has 0 spiro atoms. The van der Waals surface area contributed by atoms with Crippen LogP contribution in [0.25, 0.3) is 0 Å². The molecule has 7 heteroatoms. The number of carbonyl (C=O) groups excluding carboxylic acids is 2. The maximum absolute atomic E-state index is 12.4. The zero-order valence-electron chi connectivity index (χ0n) is 17.1. The Morgan fingerprint density at radius 2 is 2.07 bits per heavy atom. The smallest absolute Gasteiger partial charge is 0.330 e. The van der Waals surface area contributed by atoms with Gasteiger partial charge >= 0.3 is 5.97 Å². The predicted molar refractivity (Wildman–Crippen MR) is 113 cm³/mol. The minimum atomic E-state index is -1.53. The Labute approximate surface area is 176 Å². The molecule has 0 saturated carbocycles. The van der Waals surface area contributed by atoms with E-state index in [0.717, 1.165) is 43.0 Å². The fourth-order valence-corrected chi connectivity index (χ4v) is 4.85. The molecule has 3 aliphatic rings. The molecular weight excluding hydrogens is 390 g/mol. The van der Waals surface area contributed by atoms with Gasteiger partial charge in [-0.2, -0.15) is 0 Å². The van der Waals surface area contributed by atoms with Crippen LogP contribution in [0.1, 0.15) is 52.4 Å². The normalized spacial score (nSPS) is 41.0. The number of carbonyl (C=O) groups is 2. The summed E-state index contributed by atoms with van der Waals surface area (Å²) in [7, 11) is 0.